The highest BCUT2D eigenvalue weighted by Gasteiger charge is 2.59. The van der Waals surface area contributed by atoms with Gasteiger partial charge in [0.05, 0.1) is 12.6 Å². The van der Waals surface area contributed by atoms with Gasteiger partial charge in [0.15, 0.2) is 0 Å². The molecule has 1 atom stereocenters. The molecule has 1 nitrogen and oxygen atoms in total. The Morgan fingerprint density at radius 1 is 1.31 bits per heavy atom. The zero-order chi connectivity index (χ0) is 10.4. The highest BCUT2D eigenvalue weighted by atomic mass is 19.3. The van der Waals surface area contributed by atoms with Gasteiger partial charge in [-0.05, 0) is 19.3 Å². The molecule has 13 heavy (non-hydrogen) atoms. The maximum atomic E-state index is 13.3. The Labute approximate surface area is 79.1 Å². The number of hydrogen-bond acceptors (Lipinski definition) is 1. The first-order valence-electron chi connectivity index (χ1n) is 4.80. The third kappa shape index (κ3) is 1.85. The number of nitrogens with zero attached hydrogens (tertiary/aromatic N) is 1. The molecule has 0 aliphatic carbocycles. The maximum Gasteiger partial charge on any atom is 0.276 e. The van der Waals surface area contributed by atoms with Gasteiger partial charge < -0.3 is 0 Å². The molecule has 78 valence electrons. The van der Waals surface area contributed by atoms with Gasteiger partial charge in [-0.2, -0.15) is 0 Å². The molecule has 0 amide bonds. The van der Waals surface area contributed by atoms with Crippen LogP contribution in [0.25, 0.3) is 0 Å². The SMILES string of the molecule is CC(C)N1CC(F)(F)C1C(C)(C)C. The molecule has 1 aliphatic rings. The van der Waals surface area contributed by atoms with Crippen LogP contribution in [-0.2, 0) is 0 Å². The molecule has 0 radical (unpaired) electrons. The number of rotatable bonds is 1. The average Bonchev–Trinajstić information content (AvgIpc) is 1.78. The van der Waals surface area contributed by atoms with Crippen molar-refractivity contribution in [1.82, 2.24) is 4.90 Å². The smallest absolute Gasteiger partial charge is 0.276 e. The fourth-order valence-electron chi connectivity index (χ4n) is 2.16. The van der Waals surface area contributed by atoms with Crippen LogP contribution in [-0.4, -0.2) is 29.5 Å². The molecule has 1 unspecified atom stereocenters. The minimum Gasteiger partial charge on any atom is -0.286 e. The lowest BCUT2D eigenvalue weighted by molar-refractivity contribution is -0.225. The summed E-state index contributed by atoms with van der Waals surface area (Å²) in [7, 11) is 0. The minimum atomic E-state index is -2.50. The van der Waals surface area contributed by atoms with Crippen LogP contribution >= 0.6 is 0 Å². The molecule has 1 fully saturated rings. The van der Waals surface area contributed by atoms with E-state index in [0.29, 0.717) is 0 Å². The standard InChI is InChI=1S/C10H19F2N/c1-7(2)13-6-10(11,12)8(13)9(3,4)5/h7-8H,6H2,1-5H3. The van der Waals surface area contributed by atoms with Crippen molar-refractivity contribution in [1.29, 1.82) is 0 Å². The van der Waals surface area contributed by atoms with Gasteiger partial charge >= 0.3 is 0 Å². The van der Waals surface area contributed by atoms with E-state index in [0.717, 1.165) is 0 Å². The summed E-state index contributed by atoms with van der Waals surface area (Å²) < 4.78 is 26.5. The fraction of sp³-hybridized carbons (Fsp3) is 1.00. The molecule has 0 aromatic rings. The average molecular weight is 191 g/mol. The molecule has 0 aromatic carbocycles. The van der Waals surface area contributed by atoms with Gasteiger partial charge in [-0.15, -0.1) is 0 Å². The van der Waals surface area contributed by atoms with Gasteiger partial charge in [0.25, 0.3) is 5.92 Å². The monoisotopic (exact) mass is 191 g/mol. The van der Waals surface area contributed by atoms with E-state index in [4.69, 9.17) is 0 Å². The second-order valence-corrected chi connectivity index (χ2v) is 5.30. The van der Waals surface area contributed by atoms with E-state index in [-0.39, 0.29) is 18.0 Å². The zero-order valence-electron chi connectivity index (χ0n) is 9.06. The largest absolute Gasteiger partial charge is 0.286 e. The maximum absolute atomic E-state index is 13.3. The lowest BCUT2D eigenvalue weighted by atomic mass is 9.76. The van der Waals surface area contributed by atoms with Crippen molar-refractivity contribution in [2.75, 3.05) is 6.54 Å². The molecule has 0 saturated carbocycles. The molecular formula is C10H19F2N. The van der Waals surface area contributed by atoms with E-state index in [9.17, 15) is 8.78 Å². The minimum absolute atomic E-state index is 0.0768. The molecule has 1 rings (SSSR count). The molecule has 0 aromatic heterocycles. The summed E-state index contributed by atoms with van der Waals surface area (Å²) in [6.07, 6.45) is 0. The first kappa shape index (κ1) is 10.9. The van der Waals surface area contributed by atoms with Crippen molar-refractivity contribution >= 4 is 0 Å². The van der Waals surface area contributed by atoms with Crippen LogP contribution in [0.1, 0.15) is 34.6 Å². The van der Waals surface area contributed by atoms with Crippen LogP contribution in [0.2, 0.25) is 0 Å². The Bertz CT molecular complexity index is 183. The predicted molar refractivity (Wildman–Crippen MR) is 50.0 cm³/mol. The molecule has 0 spiro atoms. The van der Waals surface area contributed by atoms with Gasteiger partial charge in [0, 0.05) is 6.04 Å². The van der Waals surface area contributed by atoms with Crippen molar-refractivity contribution in [3.63, 3.8) is 0 Å². The van der Waals surface area contributed by atoms with Crippen LogP contribution < -0.4 is 0 Å². The number of likely N-dealkylation sites (tertiary alicyclic amines) is 1. The topological polar surface area (TPSA) is 3.24 Å². The summed E-state index contributed by atoms with van der Waals surface area (Å²) >= 11 is 0. The lowest BCUT2D eigenvalue weighted by Gasteiger charge is -2.55. The Balaban J connectivity index is 2.77. The zero-order valence-corrected chi connectivity index (χ0v) is 9.06. The van der Waals surface area contributed by atoms with E-state index in [1.54, 1.807) is 0 Å². The summed E-state index contributed by atoms with van der Waals surface area (Å²) in [6.45, 7) is 9.48. The van der Waals surface area contributed by atoms with Crippen molar-refractivity contribution < 1.29 is 8.78 Å². The first-order valence-corrected chi connectivity index (χ1v) is 4.80. The van der Waals surface area contributed by atoms with Crippen LogP contribution in [0.4, 0.5) is 8.78 Å². The third-order valence-corrected chi connectivity index (χ3v) is 2.61. The fourth-order valence-corrected chi connectivity index (χ4v) is 2.16. The van der Waals surface area contributed by atoms with Crippen LogP contribution in [0.15, 0.2) is 0 Å². The first-order chi connectivity index (χ1) is 5.66. The normalized spacial score (nSPS) is 29.1. The Morgan fingerprint density at radius 2 is 1.77 bits per heavy atom. The summed E-state index contributed by atoms with van der Waals surface area (Å²) in [6, 6.07) is -0.385. The Kier molecular flexibility index (Phi) is 2.44. The number of hydrogen-bond donors (Lipinski definition) is 0. The Hall–Kier alpha value is -0.180. The number of alkyl halides is 2. The second-order valence-electron chi connectivity index (χ2n) is 5.30. The quantitative estimate of drug-likeness (QED) is 0.616. The summed E-state index contributed by atoms with van der Waals surface area (Å²) in [5.74, 6) is -2.50. The van der Waals surface area contributed by atoms with Gasteiger partial charge in [0.2, 0.25) is 0 Å². The van der Waals surface area contributed by atoms with Crippen molar-refractivity contribution in [2.24, 2.45) is 5.41 Å². The summed E-state index contributed by atoms with van der Waals surface area (Å²) in [4.78, 5) is 1.88. The number of halogens is 2. The molecule has 0 bridgehead atoms. The summed E-state index contributed by atoms with van der Waals surface area (Å²) in [5, 5.41) is 0. The van der Waals surface area contributed by atoms with Gasteiger partial charge in [-0.3, -0.25) is 4.90 Å². The predicted octanol–water partition coefficient (Wildman–Crippen LogP) is 2.76. The van der Waals surface area contributed by atoms with Gasteiger partial charge in [0.1, 0.15) is 0 Å². The van der Waals surface area contributed by atoms with Gasteiger partial charge in [-0.1, -0.05) is 20.8 Å². The van der Waals surface area contributed by atoms with E-state index in [1.165, 1.54) is 0 Å². The van der Waals surface area contributed by atoms with E-state index in [2.05, 4.69) is 0 Å². The van der Waals surface area contributed by atoms with Crippen LogP contribution in [0.5, 0.6) is 0 Å². The summed E-state index contributed by atoms with van der Waals surface area (Å²) in [5.41, 5.74) is -0.341. The van der Waals surface area contributed by atoms with E-state index < -0.39 is 12.0 Å². The van der Waals surface area contributed by atoms with Crippen molar-refractivity contribution in [2.45, 2.75) is 52.6 Å². The van der Waals surface area contributed by atoms with E-state index >= 15 is 0 Å². The molecule has 1 aliphatic heterocycles. The molecule has 1 saturated heterocycles. The molecule has 0 N–H and O–H groups in total. The van der Waals surface area contributed by atoms with Gasteiger partial charge in [-0.25, -0.2) is 8.78 Å². The van der Waals surface area contributed by atoms with Crippen molar-refractivity contribution in [3.05, 3.63) is 0 Å². The second kappa shape index (κ2) is 2.91. The van der Waals surface area contributed by atoms with Crippen LogP contribution in [0.3, 0.4) is 0 Å². The highest BCUT2D eigenvalue weighted by Crippen LogP contribution is 2.45. The Morgan fingerprint density at radius 3 is 1.92 bits per heavy atom. The van der Waals surface area contributed by atoms with E-state index in [1.807, 2.05) is 39.5 Å². The van der Waals surface area contributed by atoms with Crippen LogP contribution in [0, 0.1) is 5.41 Å². The molecule has 3 heteroatoms. The van der Waals surface area contributed by atoms with Crippen molar-refractivity contribution in [3.8, 4) is 0 Å². The molecule has 1 heterocycles. The third-order valence-electron chi connectivity index (χ3n) is 2.61. The molecular weight excluding hydrogens is 172 g/mol. The highest BCUT2D eigenvalue weighted by molar-refractivity contribution is 5.05. The lowest BCUT2D eigenvalue weighted by Crippen LogP contribution is -2.71.